The van der Waals surface area contributed by atoms with Crippen LogP contribution in [-0.4, -0.2) is 32.7 Å². The molecule has 0 aliphatic heterocycles. The topological polar surface area (TPSA) is 84.9 Å². The fourth-order valence-electron chi connectivity index (χ4n) is 2.59. The van der Waals surface area contributed by atoms with E-state index in [0.717, 1.165) is 5.56 Å². The predicted octanol–water partition coefficient (Wildman–Crippen LogP) is 2.90. The van der Waals surface area contributed by atoms with Gasteiger partial charge >= 0.3 is 0 Å². The Labute approximate surface area is 149 Å². The number of nitrogens with zero attached hydrogens (tertiary/aromatic N) is 2. The van der Waals surface area contributed by atoms with Crippen LogP contribution in [0.1, 0.15) is 31.5 Å². The Kier molecular flexibility index (Phi) is 5.42. The van der Waals surface area contributed by atoms with Gasteiger partial charge in [-0.1, -0.05) is 30.3 Å². The minimum Gasteiger partial charge on any atom is -0.346 e. The lowest BCUT2D eigenvalue weighted by atomic mass is 10.2. The molecule has 0 bridgehead atoms. The van der Waals surface area contributed by atoms with Gasteiger partial charge in [0.25, 0.3) is 5.56 Å². The number of aromatic amines is 2. The Morgan fingerprint density at radius 2 is 1.84 bits per heavy atom. The number of benzene rings is 1. The molecule has 0 aliphatic carbocycles. The molecular formula is C17H20N4O3S. The van der Waals surface area contributed by atoms with Crippen molar-refractivity contribution in [3.8, 4) is 0 Å². The summed E-state index contributed by atoms with van der Waals surface area (Å²) in [6.45, 7) is 5.11. The van der Waals surface area contributed by atoms with E-state index in [4.69, 9.17) is 21.7 Å². The summed E-state index contributed by atoms with van der Waals surface area (Å²) in [5.74, 6) is 0.331. The summed E-state index contributed by atoms with van der Waals surface area (Å²) < 4.78 is 13.3. The molecule has 3 aromatic rings. The average molecular weight is 360 g/mol. The highest BCUT2D eigenvalue weighted by atomic mass is 32.1. The maximum atomic E-state index is 12.4. The van der Waals surface area contributed by atoms with Gasteiger partial charge in [0.2, 0.25) is 6.29 Å². The van der Waals surface area contributed by atoms with Crippen molar-refractivity contribution in [3.05, 3.63) is 56.8 Å². The second-order valence-corrected chi connectivity index (χ2v) is 5.78. The van der Waals surface area contributed by atoms with Crippen LogP contribution in [0.4, 0.5) is 0 Å². The fourth-order valence-corrected chi connectivity index (χ4v) is 2.84. The number of H-pyrrole nitrogens is 2. The fraction of sp³-hybridized carbons (Fsp3) is 0.353. The summed E-state index contributed by atoms with van der Waals surface area (Å²) >= 11 is 5.38. The number of hydrogen-bond acceptors (Lipinski definition) is 5. The first-order chi connectivity index (χ1) is 12.1. The molecule has 0 aliphatic rings. The predicted molar refractivity (Wildman–Crippen MR) is 97.1 cm³/mol. The monoisotopic (exact) mass is 360 g/mol. The maximum absolute atomic E-state index is 12.4. The molecule has 2 aromatic heterocycles. The van der Waals surface area contributed by atoms with E-state index in [1.165, 1.54) is 0 Å². The van der Waals surface area contributed by atoms with Gasteiger partial charge in [0, 0.05) is 13.2 Å². The number of imidazole rings is 1. The normalized spacial score (nSPS) is 11.5. The molecule has 0 saturated heterocycles. The highest BCUT2D eigenvalue weighted by Crippen LogP contribution is 2.17. The van der Waals surface area contributed by atoms with Gasteiger partial charge in [0.15, 0.2) is 21.8 Å². The van der Waals surface area contributed by atoms with Gasteiger partial charge in [-0.2, -0.15) is 0 Å². The summed E-state index contributed by atoms with van der Waals surface area (Å²) in [7, 11) is 0. The van der Waals surface area contributed by atoms with Crippen LogP contribution >= 0.6 is 12.2 Å². The van der Waals surface area contributed by atoms with Crippen molar-refractivity contribution in [1.82, 2.24) is 19.5 Å². The summed E-state index contributed by atoms with van der Waals surface area (Å²) in [5, 5.41) is 0. The van der Waals surface area contributed by atoms with Crippen LogP contribution in [0.5, 0.6) is 0 Å². The lowest BCUT2D eigenvalue weighted by Gasteiger charge is -2.16. The van der Waals surface area contributed by atoms with E-state index >= 15 is 0 Å². The van der Waals surface area contributed by atoms with Gasteiger partial charge in [-0.05, 0) is 31.6 Å². The molecule has 7 nitrogen and oxygen atoms in total. The van der Waals surface area contributed by atoms with Gasteiger partial charge in [0.1, 0.15) is 0 Å². The number of rotatable bonds is 7. The maximum Gasteiger partial charge on any atom is 0.277 e. The molecule has 0 spiro atoms. The molecule has 0 fully saturated rings. The zero-order chi connectivity index (χ0) is 17.8. The molecule has 0 saturated carbocycles. The van der Waals surface area contributed by atoms with Gasteiger partial charge in [0.05, 0.1) is 6.54 Å². The third-order valence-electron chi connectivity index (χ3n) is 3.69. The molecule has 0 atom stereocenters. The summed E-state index contributed by atoms with van der Waals surface area (Å²) in [6, 6.07) is 9.86. The van der Waals surface area contributed by atoms with Gasteiger partial charge in [-0.25, -0.2) is 4.98 Å². The van der Waals surface area contributed by atoms with E-state index in [1.54, 1.807) is 4.57 Å². The van der Waals surface area contributed by atoms with Crippen LogP contribution in [0.3, 0.4) is 0 Å². The van der Waals surface area contributed by atoms with Crippen molar-refractivity contribution in [2.45, 2.75) is 26.7 Å². The number of hydrogen-bond donors (Lipinski definition) is 2. The summed E-state index contributed by atoms with van der Waals surface area (Å²) in [4.78, 5) is 22.6. The van der Waals surface area contributed by atoms with Crippen LogP contribution in [0.2, 0.25) is 0 Å². The van der Waals surface area contributed by atoms with Crippen LogP contribution in [-0.2, 0) is 16.0 Å². The minimum atomic E-state index is -0.722. The second kappa shape index (κ2) is 7.73. The third-order valence-corrected chi connectivity index (χ3v) is 4.02. The smallest absolute Gasteiger partial charge is 0.277 e. The van der Waals surface area contributed by atoms with E-state index < -0.39 is 6.29 Å². The Morgan fingerprint density at radius 1 is 1.16 bits per heavy atom. The van der Waals surface area contributed by atoms with Crippen LogP contribution in [0, 0.1) is 4.77 Å². The largest absolute Gasteiger partial charge is 0.346 e. The summed E-state index contributed by atoms with van der Waals surface area (Å²) in [5.41, 5.74) is 1.59. The molecule has 0 radical (unpaired) electrons. The first-order valence-electron chi connectivity index (χ1n) is 8.13. The zero-order valence-electron chi connectivity index (χ0n) is 14.1. The molecule has 1 aromatic carbocycles. The summed E-state index contributed by atoms with van der Waals surface area (Å²) in [6.07, 6.45) is -0.722. The molecule has 0 amide bonds. The molecule has 2 N–H and O–H groups in total. The lowest BCUT2D eigenvalue weighted by molar-refractivity contribution is -0.145. The first-order valence-corrected chi connectivity index (χ1v) is 8.54. The van der Waals surface area contributed by atoms with Crippen molar-refractivity contribution in [2.75, 3.05) is 13.2 Å². The Morgan fingerprint density at radius 3 is 2.48 bits per heavy atom. The van der Waals surface area contributed by atoms with Crippen LogP contribution in [0.15, 0.2) is 35.1 Å². The minimum absolute atomic E-state index is 0.303. The molecule has 0 unspecified atom stereocenters. The van der Waals surface area contributed by atoms with Gasteiger partial charge < -0.3 is 19.4 Å². The van der Waals surface area contributed by atoms with E-state index in [1.807, 2.05) is 44.2 Å². The lowest BCUT2D eigenvalue weighted by Crippen LogP contribution is -2.19. The molecule has 2 heterocycles. The van der Waals surface area contributed by atoms with Crippen molar-refractivity contribution in [3.63, 3.8) is 0 Å². The van der Waals surface area contributed by atoms with E-state index in [-0.39, 0.29) is 5.56 Å². The second-order valence-electron chi connectivity index (χ2n) is 5.39. The number of aromatic nitrogens is 4. The zero-order valence-corrected chi connectivity index (χ0v) is 14.9. The number of fused-ring (bicyclic) bond motifs is 1. The van der Waals surface area contributed by atoms with E-state index in [2.05, 4.69) is 15.0 Å². The van der Waals surface area contributed by atoms with E-state index in [0.29, 0.717) is 41.5 Å². The van der Waals surface area contributed by atoms with Crippen LogP contribution < -0.4 is 5.56 Å². The van der Waals surface area contributed by atoms with Crippen molar-refractivity contribution < 1.29 is 9.47 Å². The highest BCUT2D eigenvalue weighted by molar-refractivity contribution is 7.71. The first kappa shape index (κ1) is 17.5. The van der Waals surface area contributed by atoms with Gasteiger partial charge in [-0.3, -0.25) is 9.36 Å². The molecule has 132 valence electrons. The molecule has 8 heteroatoms. The standard InChI is InChI=1S/C17H20N4O3S/c1-3-23-16(24-4-2)13-19-14-12(15(22)20-13)18-17(25)21(14)10-11-8-6-5-7-9-11/h5-9,16H,3-4,10H2,1-2H3,(H,18,25)(H,19,20,22). The van der Waals surface area contributed by atoms with E-state index in [9.17, 15) is 4.79 Å². The Hall–Kier alpha value is -2.29. The average Bonchev–Trinajstić information content (AvgIpc) is 2.92. The number of ether oxygens (including phenoxy) is 2. The number of nitrogens with one attached hydrogen (secondary N) is 2. The third kappa shape index (κ3) is 3.71. The van der Waals surface area contributed by atoms with Crippen LogP contribution in [0.25, 0.3) is 11.2 Å². The SMILES string of the molecule is CCOC(OCC)c1nc2c([nH]c(=S)n2Cc2ccccc2)c(=O)[nH]1. The molecule has 3 rings (SSSR count). The quantitative estimate of drug-likeness (QED) is 0.500. The Bertz CT molecular complexity index is 955. The van der Waals surface area contributed by atoms with Gasteiger partial charge in [-0.15, -0.1) is 0 Å². The van der Waals surface area contributed by atoms with Crippen molar-refractivity contribution >= 4 is 23.4 Å². The molecule has 25 heavy (non-hydrogen) atoms. The van der Waals surface area contributed by atoms with Crippen molar-refractivity contribution in [2.24, 2.45) is 0 Å². The van der Waals surface area contributed by atoms with Crippen molar-refractivity contribution in [1.29, 1.82) is 0 Å². The molecular weight excluding hydrogens is 340 g/mol. The highest BCUT2D eigenvalue weighted by Gasteiger charge is 2.18. The Balaban J connectivity index is 2.10.